The first-order chi connectivity index (χ1) is 8.94. The van der Waals surface area contributed by atoms with Gasteiger partial charge in [-0.05, 0) is 38.1 Å². The molecule has 1 rings (SSSR count). The van der Waals surface area contributed by atoms with Gasteiger partial charge < -0.3 is 19.9 Å². The average Bonchev–Trinajstić information content (AvgIpc) is 2.38. The molecule has 19 heavy (non-hydrogen) atoms. The number of benzene rings is 1. The highest BCUT2D eigenvalue weighted by Crippen LogP contribution is 2.29. The van der Waals surface area contributed by atoms with Crippen molar-refractivity contribution in [2.24, 2.45) is 0 Å². The fourth-order valence-electron chi connectivity index (χ4n) is 2.08. The molecule has 2 unspecified atom stereocenters. The van der Waals surface area contributed by atoms with Gasteiger partial charge in [-0.25, -0.2) is 0 Å². The molecule has 108 valence electrons. The Morgan fingerprint density at radius 1 is 1.26 bits per heavy atom. The van der Waals surface area contributed by atoms with Gasteiger partial charge in [0.25, 0.3) is 0 Å². The number of nitrogens with one attached hydrogen (secondary N) is 1. The molecular formula is C15H25NO3. The van der Waals surface area contributed by atoms with Crippen LogP contribution in [0.15, 0.2) is 18.2 Å². The van der Waals surface area contributed by atoms with Crippen LogP contribution >= 0.6 is 0 Å². The summed E-state index contributed by atoms with van der Waals surface area (Å²) < 4.78 is 10.5. The highest BCUT2D eigenvalue weighted by molar-refractivity contribution is 5.43. The number of hydrogen-bond donors (Lipinski definition) is 2. The van der Waals surface area contributed by atoms with E-state index in [4.69, 9.17) is 9.47 Å². The van der Waals surface area contributed by atoms with Gasteiger partial charge in [-0.15, -0.1) is 0 Å². The Bertz CT molecular complexity index is 404. The van der Waals surface area contributed by atoms with E-state index < -0.39 is 5.60 Å². The third-order valence-corrected chi connectivity index (χ3v) is 3.45. The molecule has 0 saturated heterocycles. The Balaban J connectivity index is 2.87. The average molecular weight is 267 g/mol. The van der Waals surface area contributed by atoms with Crippen LogP contribution < -0.4 is 14.8 Å². The van der Waals surface area contributed by atoms with Gasteiger partial charge in [0.1, 0.15) is 0 Å². The van der Waals surface area contributed by atoms with E-state index in [9.17, 15) is 5.11 Å². The lowest BCUT2D eigenvalue weighted by Crippen LogP contribution is -2.48. The zero-order chi connectivity index (χ0) is 14.5. The fraction of sp³-hybridized carbons (Fsp3) is 0.600. The van der Waals surface area contributed by atoms with Crippen molar-refractivity contribution in [1.82, 2.24) is 5.32 Å². The Morgan fingerprint density at radius 3 is 2.42 bits per heavy atom. The second-order valence-electron chi connectivity index (χ2n) is 5.00. The first kappa shape index (κ1) is 15.8. The van der Waals surface area contributed by atoms with Crippen molar-refractivity contribution in [1.29, 1.82) is 0 Å². The molecule has 0 aliphatic heterocycles. The van der Waals surface area contributed by atoms with Gasteiger partial charge in [-0.1, -0.05) is 13.0 Å². The monoisotopic (exact) mass is 267 g/mol. The van der Waals surface area contributed by atoms with Gasteiger partial charge in [0.05, 0.1) is 19.8 Å². The van der Waals surface area contributed by atoms with Crippen molar-refractivity contribution in [3.63, 3.8) is 0 Å². The Kier molecular flexibility index (Phi) is 5.63. The largest absolute Gasteiger partial charge is 0.493 e. The van der Waals surface area contributed by atoms with Crippen LogP contribution in [0.4, 0.5) is 0 Å². The quantitative estimate of drug-likeness (QED) is 0.793. The molecule has 2 atom stereocenters. The summed E-state index contributed by atoms with van der Waals surface area (Å²) in [5.41, 5.74) is 0.211. The van der Waals surface area contributed by atoms with E-state index >= 15 is 0 Å². The van der Waals surface area contributed by atoms with E-state index in [0.717, 1.165) is 12.1 Å². The molecule has 1 aromatic carbocycles. The van der Waals surface area contributed by atoms with Crippen molar-refractivity contribution in [2.75, 3.05) is 20.8 Å². The first-order valence-corrected chi connectivity index (χ1v) is 6.61. The summed E-state index contributed by atoms with van der Waals surface area (Å²) in [5, 5.41) is 13.8. The van der Waals surface area contributed by atoms with Gasteiger partial charge >= 0.3 is 0 Å². The van der Waals surface area contributed by atoms with Crippen molar-refractivity contribution in [2.45, 2.75) is 38.8 Å². The van der Waals surface area contributed by atoms with Crippen LogP contribution in [0.25, 0.3) is 0 Å². The maximum atomic E-state index is 10.5. The van der Waals surface area contributed by atoms with E-state index in [1.54, 1.807) is 14.2 Å². The normalized spacial score (nSPS) is 15.7. The van der Waals surface area contributed by atoms with E-state index in [0.29, 0.717) is 17.9 Å². The van der Waals surface area contributed by atoms with Crippen molar-refractivity contribution in [3.05, 3.63) is 23.8 Å². The smallest absolute Gasteiger partial charge is 0.160 e. The van der Waals surface area contributed by atoms with Crippen LogP contribution in [0.3, 0.4) is 0 Å². The Morgan fingerprint density at radius 2 is 1.89 bits per heavy atom. The molecule has 0 fully saturated rings. The van der Waals surface area contributed by atoms with E-state index in [1.807, 2.05) is 39.0 Å². The topological polar surface area (TPSA) is 50.7 Å². The van der Waals surface area contributed by atoms with Crippen LogP contribution in [0.1, 0.15) is 26.3 Å². The number of aliphatic hydroxyl groups is 1. The predicted octanol–water partition coefficient (Wildman–Crippen LogP) is 2.00. The number of rotatable bonds is 7. The fourth-order valence-corrected chi connectivity index (χ4v) is 2.08. The van der Waals surface area contributed by atoms with Crippen molar-refractivity contribution >= 4 is 0 Å². The number of ether oxygens (including phenoxy) is 2. The van der Waals surface area contributed by atoms with Crippen LogP contribution in [0, 0.1) is 0 Å². The molecule has 0 radical (unpaired) electrons. The number of hydrogen-bond acceptors (Lipinski definition) is 4. The van der Waals surface area contributed by atoms with Gasteiger partial charge in [0, 0.05) is 12.5 Å². The lowest BCUT2D eigenvalue weighted by Gasteiger charge is -2.31. The van der Waals surface area contributed by atoms with E-state index in [-0.39, 0.29) is 6.04 Å². The summed E-state index contributed by atoms with van der Waals surface area (Å²) in [4.78, 5) is 0. The SMILES string of the molecule is CCNC(C)C(C)(O)Cc1ccc(OC)c(OC)c1. The molecule has 4 heteroatoms. The predicted molar refractivity (Wildman–Crippen MR) is 77.0 cm³/mol. The van der Waals surface area contributed by atoms with Crippen molar-refractivity contribution < 1.29 is 14.6 Å². The standard InChI is InChI=1S/C15H25NO3/c1-6-16-11(2)15(3,17)10-12-7-8-13(18-4)14(9-12)19-5/h7-9,11,16-17H,6,10H2,1-5H3. The van der Waals surface area contributed by atoms with Gasteiger partial charge in [-0.3, -0.25) is 0 Å². The maximum Gasteiger partial charge on any atom is 0.160 e. The van der Waals surface area contributed by atoms with Crippen LogP contribution in [0.5, 0.6) is 11.5 Å². The van der Waals surface area contributed by atoms with E-state index in [2.05, 4.69) is 5.32 Å². The van der Waals surface area contributed by atoms with E-state index in [1.165, 1.54) is 0 Å². The summed E-state index contributed by atoms with van der Waals surface area (Å²) in [6.07, 6.45) is 0.557. The minimum absolute atomic E-state index is 0.0191. The highest BCUT2D eigenvalue weighted by Gasteiger charge is 2.28. The Hall–Kier alpha value is -1.26. The lowest BCUT2D eigenvalue weighted by atomic mass is 9.90. The molecule has 0 amide bonds. The molecular weight excluding hydrogens is 242 g/mol. The summed E-state index contributed by atoms with van der Waals surface area (Å²) in [6, 6.07) is 5.74. The summed E-state index contributed by atoms with van der Waals surface area (Å²) in [5.74, 6) is 1.39. The molecule has 0 saturated carbocycles. The zero-order valence-electron chi connectivity index (χ0n) is 12.5. The highest BCUT2D eigenvalue weighted by atomic mass is 16.5. The molecule has 4 nitrogen and oxygen atoms in total. The minimum atomic E-state index is -0.810. The molecule has 0 aliphatic rings. The molecule has 0 aromatic heterocycles. The maximum absolute atomic E-state index is 10.5. The number of likely N-dealkylation sites (N-methyl/N-ethyl adjacent to an activating group) is 1. The second kappa shape index (κ2) is 6.78. The third-order valence-electron chi connectivity index (χ3n) is 3.45. The molecule has 0 bridgehead atoms. The summed E-state index contributed by atoms with van der Waals surface area (Å²) in [7, 11) is 3.22. The summed E-state index contributed by atoms with van der Waals surface area (Å²) >= 11 is 0. The third kappa shape index (κ3) is 4.11. The first-order valence-electron chi connectivity index (χ1n) is 6.61. The van der Waals surface area contributed by atoms with Gasteiger partial charge in [0.15, 0.2) is 11.5 Å². The minimum Gasteiger partial charge on any atom is -0.493 e. The molecule has 0 heterocycles. The molecule has 1 aromatic rings. The van der Waals surface area contributed by atoms with Gasteiger partial charge in [-0.2, -0.15) is 0 Å². The van der Waals surface area contributed by atoms with Crippen LogP contribution in [-0.2, 0) is 6.42 Å². The number of methoxy groups -OCH3 is 2. The zero-order valence-corrected chi connectivity index (χ0v) is 12.5. The Labute approximate surface area is 115 Å². The van der Waals surface area contributed by atoms with Crippen LogP contribution in [0.2, 0.25) is 0 Å². The lowest BCUT2D eigenvalue weighted by molar-refractivity contribution is 0.0264. The van der Waals surface area contributed by atoms with Crippen molar-refractivity contribution in [3.8, 4) is 11.5 Å². The molecule has 0 aliphatic carbocycles. The van der Waals surface area contributed by atoms with Crippen LogP contribution in [-0.4, -0.2) is 37.5 Å². The van der Waals surface area contributed by atoms with Gasteiger partial charge in [0.2, 0.25) is 0 Å². The molecule has 2 N–H and O–H groups in total. The molecule has 0 spiro atoms. The second-order valence-corrected chi connectivity index (χ2v) is 5.00. The summed E-state index contributed by atoms with van der Waals surface area (Å²) in [6.45, 7) is 6.70.